The van der Waals surface area contributed by atoms with Crippen molar-refractivity contribution < 1.29 is 30.9 Å². The van der Waals surface area contributed by atoms with Crippen molar-refractivity contribution in [1.82, 2.24) is 9.78 Å². The molecule has 0 fully saturated rings. The monoisotopic (exact) mass is 430 g/mol. The van der Waals surface area contributed by atoms with Gasteiger partial charge >= 0.3 is 0 Å². The lowest BCUT2D eigenvalue weighted by Gasteiger charge is -2.08. The molecule has 13 heteroatoms. The van der Waals surface area contributed by atoms with Crippen molar-refractivity contribution in [3.05, 3.63) is 81.5 Å². The van der Waals surface area contributed by atoms with Gasteiger partial charge in [-0.2, -0.15) is 5.10 Å². The summed E-state index contributed by atoms with van der Waals surface area (Å²) in [5.41, 5.74) is -1.61. The first-order chi connectivity index (χ1) is 13.6. The molecule has 3 aromatic rings. The Bertz CT molecular complexity index is 1190. The summed E-state index contributed by atoms with van der Waals surface area (Å²) < 4.78 is 81.7. The summed E-state index contributed by atoms with van der Waals surface area (Å²) in [7, 11) is -4.41. The molecule has 152 valence electrons. The van der Waals surface area contributed by atoms with Crippen LogP contribution in [-0.2, 0) is 16.6 Å². The number of anilines is 1. The molecule has 0 amide bonds. The van der Waals surface area contributed by atoms with Crippen molar-refractivity contribution in [3.8, 4) is 0 Å². The van der Waals surface area contributed by atoms with E-state index in [-0.39, 0.29) is 11.9 Å². The van der Waals surface area contributed by atoms with Gasteiger partial charge in [0, 0.05) is 24.4 Å². The highest BCUT2D eigenvalue weighted by Crippen LogP contribution is 2.25. The molecule has 0 aliphatic carbocycles. The fraction of sp³-hybridized carbons (Fsp3) is 0.0625. The van der Waals surface area contributed by atoms with Crippen molar-refractivity contribution in [1.29, 1.82) is 0 Å². The van der Waals surface area contributed by atoms with E-state index < -0.39 is 60.9 Å². The number of halogens is 4. The van der Waals surface area contributed by atoms with Crippen molar-refractivity contribution in [3.63, 3.8) is 0 Å². The average molecular weight is 430 g/mol. The zero-order valence-corrected chi connectivity index (χ0v) is 15.0. The van der Waals surface area contributed by atoms with Gasteiger partial charge < -0.3 is 0 Å². The molecule has 0 radical (unpaired) electrons. The van der Waals surface area contributed by atoms with Gasteiger partial charge in [0.2, 0.25) is 0 Å². The summed E-state index contributed by atoms with van der Waals surface area (Å²) in [5.74, 6) is -6.74. The standard InChI is InChI=1S/C16H10F4N4O4S/c17-10-7-11(18)16(20)9(15(10)19)8-23-6-5-14(21-23)22-29(27,28)13-4-2-1-3-12(13)24(25)26/h1-7H,8H2,(H,21,22). The second kappa shape index (κ2) is 7.50. The van der Waals surface area contributed by atoms with Gasteiger partial charge in [-0.15, -0.1) is 0 Å². The number of nitrogens with one attached hydrogen (secondary N) is 1. The first-order valence-corrected chi connectivity index (χ1v) is 9.20. The number of aromatic nitrogens is 2. The zero-order chi connectivity index (χ0) is 21.3. The third kappa shape index (κ3) is 4.03. The second-order valence-electron chi connectivity index (χ2n) is 5.68. The quantitative estimate of drug-likeness (QED) is 0.280. The Morgan fingerprint density at radius 1 is 1.07 bits per heavy atom. The van der Waals surface area contributed by atoms with Gasteiger partial charge in [-0.1, -0.05) is 12.1 Å². The molecule has 2 aromatic carbocycles. The molecule has 0 atom stereocenters. The fourth-order valence-corrected chi connectivity index (χ4v) is 3.63. The molecule has 0 unspecified atom stereocenters. The number of nitro groups is 1. The van der Waals surface area contributed by atoms with Crippen LogP contribution < -0.4 is 4.72 Å². The van der Waals surface area contributed by atoms with E-state index in [9.17, 15) is 36.1 Å². The molecule has 0 spiro atoms. The number of benzene rings is 2. The minimum atomic E-state index is -4.41. The lowest BCUT2D eigenvalue weighted by atomic mass is 10.2. The molecule has 0 aliphatic heterocycles. The van der Waals surface area contributed by atoms with E-state index in [0.29, 0.717) is 0 Å². The Hall–Kier alpha value is -3.48. The lowest BCUT2D eigenvalue weighted by Crippen LogP contribution is -2.15. The van der Waals surface area contributed by atoms with Gasteiger partial charge in [-0.25, -0.2) is 26.0 Å². The van der Waals surface area contributed by atoms with Crippen LogP contribution in [-0.4, -0.2) is 23.1 Å². The van der Waals surface area contributed by atoms with E-state index in [2.05, 4.69) is 5.10 Å². The van der Waals surface area contributed by atoms with Gasteiger partial charge in [0.1, 0.15) is 0 Å². The van der Waals surface area contributed by atoms with Gasteiger partial charge in [-0.05, 0) is 6.07 Å². The molecule has 0 saturated carbocycles. The Morgan fingerprint density at radius 2 is 1.69 bits per heavy atom. The van der Waals surface area contributed by atoms with Crippen LogP contribution in [0.15, 0.2) is 47.5 Å². The summed E-state index contributed by atoms with van der Waals surface area (Å²) in [6, 6.07) is 5.73. The molecule has 8 nitrogen and oxygen atoms in total. The number of nitrogens with zero attached hydrogens (tertiary/aromatic N) is 3. The number of hydrogen-bond donors (Lipinski definition) is 1. The molecule has 1 aromatic heterocycles. The SMILES string of the molecule is O=[N+]([O-])c1ccccc1S(=O)(=O)Nc1ccn(Cc2c(F)c(F)cc(F)c2F)n1. The summed E-state index contributed by atoms with van der Waals surface area (Å²) in [6.07, 6.45) is 1.10. The van der Waals surface area contributed by atoms with Crippen molar-refractivity contribution in [2.45, 2.75) is 11.4 Å². The van der Waals surface area contributed by atoms with E-state index in [1.165, 1.54) is 12.1 Å². The van der Waals surface area contributed by atoms with Crippen LogP contribution in [0.25, 0.3) is 0 Å². The van der Waals surface area contributed by atoms with Crippen LogP contribution in [0, 0.1) is 33.4 Å². The Balaban J connectivity index is 1.88. The third-order valence-corrected chi connectivity index (χ3v) is 5.16. The topological polar surface area (TPSA) is 107 Å². The summed E-state index contributed by atoms with van der Waals surface area (Å²) >= 11 is 0. The molecule has 0 bridgehead atoms. The van der Waals surface area contributed by atoms with Gasteiger partial charge in [0.25, 0.3) is 15.7 Å². The van der Waals surface area contributed by atoms with Crippen LogP contribution >= 0.6 is 0 Å². The van der Waals surface area contributed by atoms with Crippen molar-refractivity contribution in [2.24, 2.45) is 0 Å². The van der Waals surface area contributed by atoms with Crippen LogP contribution in [0.4, 0.5) is 29.1 Å². The van der Waals surface area contributed by atoms with E-state index >= 15 is 0 Å². The number of hydrogen-bond acceptors (Lipinski definition) is 5. The molecule has 1 heterocycles. The highest BCUT2D eigenvalue weighted by atomic mass is 32.2. The van der Waals surface area contributed by atoms with Gasteiger partial charge in [0.15, 0.2) is 34.0 Å². The van der Waals surface area contributed by atoms with Crippen LogP contribution in [0.2, 0.25) is 0 Å². The van der Waals surface area contributed by atoms with E-state index in [1.807, 2.05) is 4.72 Å². The highest BCUT2D eigenvalue weighted by molar-refractivity contribution is 7.92. The average Bonchev–Trinajstić information content (AvgIpc) is 3.10. The predicted molar refractivity (Wildman–Crippen MR) is 91.5 cm³/mol. The van der Waals surface area contributed by atoms with Crippen LogP contribution in [0.1, 0.15) is 5.56 Å². The smallest absolute Gasteiger partial charge is 0.266 e. The molecule has 1 N–H and O–H groups in total. The molecule has 0 saturated heterocycles. The number of sulfonamides is 1. The minimum absolute atomic E-state index is 0.0591. The minimum Gasteiger partial charge on any atom is -0.266 e. The number of nitro benzene ring substituents is 1. The van der Waals surface area contributed by atoms with Crippen LogP contribution in [0.3, 0.4) is 0 Å². The fourth-order valence-electron chi connectivity index (χ4n) is 2.46. The zero-order valence-electron chi connectivity index (χ0n) is 14.1. The first kappa shape index (κ1) is 20.3. The normalized spacial score (nSPS) is 11.4. The highest BCUT2D eigenvalue weighted by Gasteiger charge is 2.26. The third-order valence-electron chi connectivity index (χ3n) is 3.75. The maximum Gasteiger partial charge on any atom is 0.289 e. The number of para-hydroxylation sites is 1. The maximum atomic E-state index is 13.7. The van der Waals surface area contributed by atoms with Crippen LogP contribution in [0.5, 0.6) is 0 Å². The molecular formula is C16H10F4N4O4S. The Morgan fingerprint density at radius 3 is 2.31 bits per heavy atom. The van der Waals surface area contributed by atoms with Crippen molar-refractivity contribution in [2.75, 3.05) is 4.72 Å². The largest absolute Gasteiger partial charge is 0.289 e. The Kier molecular flexibility index (Phi) is 5.24. The molecular weight excluding hydrogens is 420 g/mol. The first-order valence-electron chi connectivity index (χ1n) is 7.71. The van der Waals surface area contributed by atoms with Gasteiger partial charge in [-0.3, -0.25) is 19.5 Å². The molecule has 3 rings (SSSR count). The summed E-state index contributed by atoms with van der Waals surface area (Å²) in [6.45, 7) is -0.737. The van der Waals surface area contributed by atoms with E-state index in [4.69, 9.17) is 0 Å². The number of rotatable bonds is 6. The van der Waals surface area contributed by atoms with E-state index in [0.717, 1.165) is 29.1 Å². The molecule has 29 heavy (non-hydrogen) atoms. The maximum absolute atomic E-state index is 13.7. The van der Waals surface area contributed by atoms with Gasteiger partial charge in [0.05, 0.1) is 17.0 Å². The molecule has 0 aliphatic rings. The van der Waals surface area contributed by atoms with Crippen molar-refractivity contribution >= 4 is 21.5 Å². The Labute approximate surface area is 160 Å². The second-order valence-corrected chi connectivity index (χ2v) is 7.33. The lowest BCUT2D eigenvalue weighted by molar-refractivity contribution is -0.387. The summed E-state index contributed by atoms with van der Waals surface area (Å²) in [4.78, 5) is 9.51. The van der Waals surface area contributed by atoms with E-state index in [1.54, 1.807) is 0 Å². The summed E-state index contributed by atoms with van der Waals surface area (Å²) in [5, 5.41) is 14.7. The predicted octanol–water partition coefficient (Wildman–Crippen LogP) is 3.20.